The molecule has 0 aliphatic rings. The van der Waals surface area contributed by atoms with Gasteiger partial charge >= 0.3 is 0 Å². The van der Waals surface area contributed by atoms with Crippen LogP contribution in [0.15, 0.2) is 42.6 Å². The lowest BCUT2D eigenvalue weighted by Gasteiger charge is -2.21. The highest BCUT2D eigenvalue weighted by atomic mass is 16.2. The molecule has 0 aliphatic carbocycles. The summed E-state index contributed by atoms with van der Waals surface area (Å²) in [6, 6.07) is 10.8. The standard InChI is InChI=1S/C20H26N4O2/c1-5-24(6-2)17-9-7-16(8-10-17)23-19(25)15-11-12-21-18(13-15)20(26)22-14(3)4/h7-14H,5-6H2,1-4H3,(H,22,26)(H,23,25). The third-order valence-corrected chi connectivity index (χ3v) is 3.93. The van der Waals surface area contributed by atoms with Gasteiger partial charge in [-0.25, -0.2) is 0 Å². The summed E-state index contributed by atoms with van der Waals surface area (Å²) in [5.41, 5.74) is 2.44. The molecule has 6 nitrogen and oxygen atoms in total. The Bertz CT molecular complexity index is 753. The van der Waals surface area contributed by atoms with Gasteiger partial charge in [-0.1, -0.05) is 0 Å². The minimum absolute atomic E-state index is 0.00565. The fourth-order valence-electron chi connectivity index (χ4n) is 2.58. The van der Waals surface area contributed by atoms with E-state index in [1.807, 2.05) is 38.1 Å². The number of hydrogen-bond acceptors (Lipinski definition) is 4. The van der Waals surface area contributed by atoms with Gasteiger partial charge in [0.2, 0.25) is 0 Å². The zero-order valence-corrected chi connectivity index (χ0v) is 15.7. The second-order valence-electron chi connectivity index (χ2n) is 6.23. The highest BCUT2D eigenvalue weighted by Crippen LogP contribution is 2.18. The first-order valence-electron chi connectivity index (χ1n) is 8.87. The second-order valence-corrected chi connectivity index (χ2v) is 6.23. The summed E-state index contributed by atoms with van der Waals surface area (Å²) in [5.74, 6) is -0.570. The number of rotatable bonds is 7. The number of carbonyl (C=O) groups excluding carboxylic acids is 2. The topological polar surface area (TPSA) is 74.3 Å². The second kappa shape index (κ2) is 8.99. The van der Waals surface area contributed by atoms with E-state index in [-0.39, 0.29) is 23.6 Å². The van der Waals surface area contributed by atoms with Crippen LogP contribution in [0.4, 0.5) is 11.4 Å². The Morgan fingerprint density at radius 1 is 1.04 bits per heavy atom. The summed E-state index contributed by atoms with van der Waals surface area (Å²) < 4.78 is 0. The van der Waals surface area contributed by atoms with Gasteiger partial charge in [0.25, 0.3) is 11.8 Å². The maximum atomic E-state index is 12.5. The highest BCUT2D eigenvalue weighted by Gasteiger charge is 2.13. The molecular weight excluding hydrogens is 328 g/mol. The number of aromatic nitrogens is 1. The quantitative estimate of drug-likeness (QED) is 0.800. The van der Waals surface area contributed by atoms with Crippen molar-refractivity contribution in [1.82, 2.24) is 10.3 Å². The Morgan fingerprint density at radius 2 is 1.69 bits per heavy atom. The van der Waals surface area contributed by atoms with Crippen LogP contribution < -0.4 is 15.5 Å². The normalized spacial score (nSPS) is 10.5. The van der Waals surface area contributed by atoms with Crippen LogP contribution in [0.5, 0.6) is 0 Å². The van der Waals surface area contributed by atoms with Crippen molar-refractivity contribution in [2.24, 2.45) is 0 Å². The molecule has 0 saturated heterocycles. The van der Waals surface area contributed by atoms with Gasteiger partial charge < -0.3 is 15.5 Å². The molecule has 2 N–H and O–H groups in total. The molecule has 1 heterocycles. The van der Waals surface area contributed by atoms with Crippen LogP contribution in [-0.4, -0.2) is 35.9 Å². The summed E-state index contributed by atoms with van der Waals surface area (Å²) in [6.07, 6.45) is 1.47. The number of nitrogens with zero attached hydrogens (tertiary/aromatic N) is 2. The molecule has 0 fully saturated rings. The van der Waals surface area contributed by atoms with Crippen molar-refractivity contribution >= 4 is 23.2 Å². The Hall–Kier alpha value is -2.89. The lowest BCUT2D eigenvalue weighted by atomic mass is 10.2. The zero-order valence-electron chi connectivity index (χ0n) is 15.7. The van der Waals surface area contributed by atoms with Crippen LogP contribution in [-0.2, 0) is 0 Å². The Kier molecular flexibility index (Phi) is 6.72. The fourth-order valence-corrected chi connectivity index (χ4v) is 2.58. The van der Waals surface area contributed by atoms with Crippen molar-refractivity contribution in [3.8, 4) is 0 Å². The number of anilines is 2. The molecule has 0 atom stereocenters. The van der Waals surface area contributed by atoms with E-state index in [1.54, 1.807) is 6.07 Å². The van der Waals surface area contributed by atoms with Crippen LogP contribution >= 0.6 is 0 Å². The fraction of sp³-hybridized carbons (Fsp3) is 0.350. The maximum Gasteiger partial charge on any atom is 0.270 e. The van der Waals surface area contributed by atoms with Crippen molar-refractivity contribution in [1.29, 1.82) is 0 Å². The Morgan fingerprint density at radius 3 is 2.27 bits per heavy atom. The number of nitrogens with one attached hydrogen (secondary N) is 2. The SMILES string of the molecule is CCN(CC)c1ccc(NC(=O)c2ccnc(C(=O)NC(C)C)c2)cc1. The minimum atomic E-state index is -0.293. The van der Waals surface area contributed by atoms with Gasteiger partial charge in [-0.15, -0.1) is 0 Å². The molecule has 0 bridgehead atoms. The van der Waals surface area contributed by atoms with E-state index in [4.69, 9.17) is 0 Å². The molecule has 1 aromatic carbocycles. The number of pyridine rings is 1. The van der Waals surface area contributed by atoms with E-state index >= 15 is 0 Å². The molecule has 138 valence electrons. The van der Waals surface area contributed by atoms with Crippen molar-refractivity contribution in [2.75, 3.05) is 23.3 Å². The zero-order chi connectivity index (χ0) is 19.1. The van der Waals surface area contributed by atoms with Gasteiger partial charge in [0.05, 0.1) is 0 Å². The number of amides is 2. The Labute approximate surface area is 154 Å². The first kappa shape index (κ1) is 19.4. The summed E-state index contributed by atoms with van der Waals surface area (Å²) in [5, 5.41) is 5.62. The predicted molar refractivity (Wildman–Crippen MR) is 105 cm³/mol. The molecule has 0 saturated carbocycles. The third kappa shape index (κ3) is 5.05. The van der Waals surface area contributed by atoms with E-state index in [2.05, 4.69) is 34.4 Å². The summed E-state index contributed by atoms with van der Waals surface area (Å²) in [6.45, 7) is 9.82. The average Bonchev–Trinajstić information content (AvgIpc) is 2.63. The summed E-state index contributed by atoms with van der Waals surface area (Å²) >= 11 is 0. The average molecular weight is 354 g/mol. The molecule has 2 amide bonds. The van der Waals surface area contributed by atoms with E-state index in [9.17, 15) is 9.59 Å². The molecule has 6 heteroatoms. The predicted octanol–water partition coefficient (Wildman–Crippen LogP) is 3.32. The molecule has 0 spiro atoms. The van der Waals surface area contributed by atoms with Gasteiger partial charge in [0.15, 0.2) is 0 Å². The molecule has 0 aliphatic heterocycles. The molecule has 0 unspecified atom stereocenters. The number of benzene rings is 1. The molecule has 2 rings (SSSR count). The van der Waals surface area contributed by atoms with E-state index in [0.29, 0.717) is 11.3 Å². The summed E-state index contributed by atoms with van der Waals surface area (Å²) in [7, 11) is 0. The molecule has 26 heavy (non-hydrogen) atoms. The maximum absolute atomic E-state index is 12.5. The van der Waals surface area contributed by atoms with Crippen LogP contribution in [0, 0.1) is 0 Å². The van der Waals surface area contributed by atoms with Crippen molar-refractivity contribution in [3.05, 3.63) is 53.9 Å². The monoisotopic (exact) mass is 354 g/mol. The van der Waals surface area contributed by atoms with Gasteiger partial charge in [-0.05, 0) is 64.1 Å². The first-order valence-corrected chi connectivity index (χ1v) is 8.87. The molecule has 1 aromatic heterocycles. The molecule has 0 radical (unpaired) electrons. The first-order chi connectivity index (χ1) is 12.4. The highest BCUT2D eigenvalue weighted by molar-refractivity contribution is 6.05. The molecular formula is C20H26N4O2. The van der Waals surface area contributed by atoms with E-state index in [0.717, 1.165) is 18.8 Å². The third-order valence-electron chi connectivity index (χ3n) is 3.93. The largest absolute Gasteiger partial charge is 0.372 e. The van der Waals surface area contributed by atoms with Crippen LogP contribution in [0.1, 0.15) is 48.5 Å². The van der Waals surface area contributed by atoms with Gasteiger partial charge in [0.1, 0.15) is 5.69 Å². The Balaban J connectivity index is 2.09. The van der Waals surface area contributed by atoms with Crippen LogP contribution in [0.25, 0.3) is 0 Å². The minimum Gasteiger partial charge on any atom is -0.372 e. The van der Waals surface area contributed by atoms with E-state index in [1.165, 1.54) is 12.3 Å². The summed E-state index contributed by atoms with van der Waals surface area (Å²) in [4.78, 5) is 30.8. The van der Waals surface area contributed by atoms with Gasteiger partial charge in [0, 0.05) is 42.3 Å². The van der Waals surface area contributed by atoms with Crippen molar-refractivity contribution < 1.29 is 9.59 Å². The van der Waals surface area contributed by atoms with Gasteiger partial charge in [-0.3, -0.25) is 14.6 Å². The van der Waals surface area contributed by atoms with Crippen LogP contribution in [0.3, 0.4) is 0 Å². The van der Waals surface area contributed by atoms with Crippen molar-refractivity contribution in [3.63, 3.8) is 0 Å². The lowest BCUT2D eigenvalue weighted by Crippen LogP contribution is -2.31. The van der Waals surface area contributed by atoms with Crippen molar-refractivity contribution in [2.45, 2.75) is 33.7 Å². The molecule has 2 aromatic rings. The van der Waals surface area contributed by atoms with Gasteiger partial charge in [-0.2, -0.15) is 0 Å². The van der Waals surface area contributed by atoms with E-state index < -0.39 is 0 Å². The number of carbonyl (C=O) groups is 2. The smallest absolute Gasteiger partial charge is 0.270 e. The van der Waals surface area contributed by atoms with Crippen LogP contribution in [0.2, 0.25) is 0 Å². The lowest BCUT2D eigenvalue weighted by molar-refractivity contribution is 0.0938. The number of hydrogen-bond donors (Lipinski definition) is 2.